The molecule has 1 saturated heterocycles. The van der Waals surface area contributed by atoms with Crippen molar-refractivity contribution in [2.24, 2.45) is 5.92 Å². The molecule has 0 radical (unpaired) electrons. The second-order valence-corrected chi connectivity index (χ2v) is 8.93. The van der Waals surface area contributed by atoms with Crippen LogP contribution < -0.4 is 10.1 Å². The van der Waals surface area contributed by atoms with Gasteiger partial charge in [0.15, 0.2) is 0 Å². The van der Waals surface area contributed by atoms with E-state index >= 15 is 0 Å². The molecule has 29 heavy (non-hydrogen) atoms. The number of ether oxygens (including phenoxy) is 1. The number of carbonyl (C=O) groups excluding carboxylic acids is 1. The van der Waals surface area contributed by atoms with Gasteiger partial charge in [-0.05, 0) is 43.0 Å². The zero-order chi connectivity index (χ0) is 20.9. The van der Waals surface area contributed by atoms with Crippen molar-refractivity contribution in [2.75, 3.05) is 26.7 Å². The zero-order valence-corrected chi connectivity index (χ0v) is 17.1. The van der Waals surface area contributed by atoms with E-state index in [-0.39, 0.29) is 29.6 Å². The van der Waals surface area contributed by atoms with Gasteiger partial charge in [-0.1, -0.05) is 30.3 Å². The van der Waals surface area contributed by atoms with E-state index in [1.165, 1.54) is 17.5 Å². The number of nitrogens with zero attached hydrogens (tertiary/aromatic N) is 1. The van der Waals surface area contributed by atoms with Crippen LogP contribution in [0.3, 0.4) is 0 Å². The first kappa shape index (κ1) is 21.3. The third-order valence-corrected chi connectivity index (χ3v) is 6.94. The van der Waals surface area contributed by atoms with Crippen LogP contribution in [0.25, 0.3) is 0 Å². The molecule has 2 aromatic rings. The van der Waals surface area contributed by atoms with Crippen LogP contribution in [0.2, 0.25) is 0 Å². The number of rotatable bonds is 7. The highest BCUT2D eigenvalue weighted by Crippen LogP contribution is 2.30. The van der Waals surface area contributed by atoms with Crippen molar-refractivity contribution >= 4 is 15.9 Å². The second kappa shape index (κ2) is 9.37. The molecular formula is C21H25FN2O4S. The molecule has 156 valence electrons. The fraction of sp³-hybridized carbons (Fsp3) is 0.381. The molecule has 0 aromatic heterocycles. The van der Waals surface area contributed by atoms with Crippen LogP contribution in [0.1, 0.15) is 18.4 Å². The number of amides is 1. The van der Waals surface area contributed by atoms with Gasteiger partial charge in [-0.3, -0.25) is 4.79 Å². The lowest BCUT2D eigenvalue weighted by Gasteiger charge is -2.31. The van der Waals surface area contributed by atoms with Gasteiger partial charge in [0.25, 0.3) is 0 Å². The smallest absolute Gasteiger partial charge is 0.246 e. The van der Waals surface area contributed by atoms with Gasteiger partial charge in [-0.15, -0.1) is 0 Å². The lowest BCUT2D eigenvalue weighted by molar-refractivity contribution is -0.126. The molecule has 1 aliphatic rings. The minimum absolute atomic E-state index is 0.0686. The highest BCUT2D eigenvalue weighted by molar-refractivity contribution is 7.89. The normalized spacial score (nSPS) is 17.7. The Morgan fingerprint density at radius 1 is 1.24 bits per heavy atom. The van der Waals surface area contributed by atoms with E-state index < -0.39 is 21.8 Å². The van der Waals surface area contributed by atoms with Crippen molar-refractivity contribution < 1.29 is 22.3 Å². The fourth-order valence-electron chi connectivity index (χ4n) is 3.48. The van der Waals surface area contributed by atoms with Gasteiger partial charge in [0.1, 0.15) is 16.5 Å². The van der Waals surface area contributed by atoms with Gasteiger partial charge < -0.3 is 10.1 Å². The van der Waals surface area contributed by atoms with Crippen LogP contribution in [0.5, 0.6) is 5.75 Å². The monoisotopic (exact) mass is 420 g/mol. The van der Waals surface area contributed by atoms with Crippen LogP contribution in [0.4, 0.5) is 4.39 Å². The molecular weight excluding hydrogens is 395 g/mol. The highest BCUT2D eigenvalue weighted by atomic mass is 32.2. The van der Waals surface area contributed by atoms with Crippen LogP contribution >= 0.6 is 0 Å². The second-order valence-electron chi connectivity index (χ2n) is 7.02. The summed E-state index contributed by atoms with van der Waals surface area (Å²) in [6.07, 6.45) is 1.89. The van der Waals surface area contributed by atoms with Crippen LogP contribution in [0, 0.1) is 11.7 Å². The van der Waals surface area contributed by atoms with E-state index in [9.17, 15) is 17.6 Å². The average molecular weight is 421 g/mol. The minimum Gasteiger partial charge on any atom is -0.495 e. The molecule has 1 aliphatic heterocycles. The predicted molar refractivity (Wildman–Crippen MR) is 108 cm³/mol. The van der Waals surface area contributed by atoms with E-state index in [0.29, 0.717) is 25.8 Å². The van der Waals surface area contributed by atoms with Crippen molar-refractivity contribution in [3.63, 3.8) is 0 Å². The quantitative estimate of drug-likeness (QED) is 0.747. The molecule has 1 atom stereocenters. The Morgan fingerprint density at radius 3 is 2.72 bits per heavy atom. The van der Waals surface area contributed by atoms with Crippen molar-refractivity contribution in [1.82, 2.24) is 9.62 Å². The number of carbonyl (C=O) groups is 1. The standard InChI is InChI=1S/C21H25FN2O4S/c1-28-19-10-9-18(22)14-20(19)29(26,27)24-13-5-8-17(15-24)21(25)23-12-11-16-6-3-2-4-7-16/h2-4,6-7,9-10,14,17H,5,8,11-13,15H2,1H3,(H,23,25)/t17-/m1/s1. The number of halogens is 1. The number of hydrogen-bond acceptors (Lipinski definition) is 4. The molecule has 6 nitrogen and oxygen atoms in total. The number of benzene rings is 2. The van der Waals surface area contributed by atoms with E-state index in [1.54, 1.807) is 0 Å². The summed E-state index contributed by atoms with van der Waals surface area (Å²) >= 11 is 0. The number of hydrogen-bond donors (Lipinski definition) is 1. The molecule has 1 heterocycles. The maximum Gasteiger partial charge on any atom is 0.246 e. The average Bonchev–Trinajstić information content (AvgIpc) is 2.74. The van der Waals surface area contributed by atoms with Crippen LogP contribution in [0.15, 0.2) is 53.4 Å². The fourth-order valence-corrected chi connectivity index (χ4v) is 5.18. The molecule has 0 bridgehead atoms. The number of nitrogens with one attached hydrogen (secondary N) is 1. The van der Waals surface area contributed by atoms with Gasteiger partial charge in [0.05, 0.1) is 13.0 Å². The lowest BCUT2D eigenvalue weighted by Crippen LogP contribution is -2.45. The minimum atomic E-state index is -3.97. The first-order valence-electron chi connectivity index (χ1n) is 9.57. The predicted octanol–water partition coefficient (Wildman–Crippen LogP) is 2.59. The Bertz CT molecular complexity index is 950. The summed E-state index contributed by atoms with van der Waals surface area (Å²) in [7, 11) is -2.63. The highest BCUT2D eigenvalue weighted by Gasteiger charge is 2.35. The van der Waals surface area contributed by atoms with Gasteiger partial charge in [0, 0.05) is 19.6 Å². The summed E-state index contributed by atoms with van der Waals surface area (Å²) in [4.78, 5) is 12.3. The first-order valence-corrected chi connectivity index (χ1v) is 11.0. The molecule has 3 rings (SSSR count). The van der Waals surface area contributed by atoms with E-state index in [4.69, 9.17) is 4.74 Å². The zero-order valence-electron chi connectivity index (χ0n) is 16.3. The molecule has 8 heteroatoms. The van der Waals surface area contributed by atoms with E-state index in [1.807, 2.05) is 30.3 Å². The molecule has 0 spiro atoms. The number of piperidine rings is 1. The Labute approximate surface area is 170 Å². The van der Waals surface area contributed by atoms with Crippen LogP contribution in [-0.4, -0.2) is 45.4 Å². The number of methoxy groups -OCH3 is 1. The SMILES string of the molecule is COc1ccc(F)cc1S(=O)(=O)N1CCC[C@@H](C(=O)NCCc2ccccc2)C1. The Balaban J connectivity index is 1.65. The Kier molecular flexibility index (Phi) is 6.87. The maximum absolute atomic E-state index is 13.7. The topological polar surface area (TPSA) is 75.7 Å². The first-order chi connectivity index (χ1) is 13.9. The molecule has 1 amide bonds. The third-order valence-electron chi connectivity index (χ3n) is 5.05. The van der Waals surface area contributed by atoms with Crippen molar-refractivity contribution in [3.05, 3.63) is 59.9 Å². The largest absolute Gasteiger partial charge is 0.495 e. The molecule has 1 fully saturated rings. The molecule has 1 N–H and O–H groups in total. The number of sulfonamides is 1. The molecule has 0 unspecified atom stereocenters. The van der Waals surface area contributed by atoms with Crippen molar-refractivity contribution in [1.29, 1.82) is 0 Å². The molecule has 0 aliphatic carbocycles. The summed E-state index contributed by atoms with van der Waals surface area (Å²) < 4.78 is 46.1. The maximum atomic E-state index is 13.7. The van der Waals surface area contributed by atoms with Gasteiger partial charge in [-0.25, -0.2) is 12.8 Å². The Hall–Kier alpha value is -2.45. The summed E-state index contributed by atoms with van der Waals surface area (Å²) in [5.41, 5.74) is 1.12. The van der Waals surface area contributed by atoms with E-state index in [2.05, 4.69) is 5.32 Å². The summed E-state index contributed by atoms with van der Waals surface area (Å²) in [6, 6.07) is 13.2. The molecule has 0 saturated carbocycles. The Morgan fingerprint density at radius 2 is 2.00 bits per heavy atom. The summed E-state index contributed by atoms with van der Waals surface area (Å²) in [6.45, 7) is 0.846. The van der Waals surface area contributed by atoms with E-state index in [0.717, 1.165) is 17.7 Å². The summed E-state index contributed by atoms with van der Waals surface area (Å²) in [5, 5.41) is 2.90. The molecule has 2 aromatic carbocycles. The van der Waals surface area contributed by atoms with Crippen molar-refractivity contribution in [2.45, 2.75) is 24.2 Å². The van der Waals surface area contributed by atoms with Gasteiger partial charge in [0.2, 0.25) is 15.9 Å². The van der Waals surface area contributed by atoms with Gasteiger partial charge in [-0.2, -0.15) is 4.31 Å². The summed E-state index contributed by atoms with van der Waals surface area (Å²) in [5.74, 6) is -1.17. The third kappa shape index (κ3) is 5.13. The van der Waals surface area contributed by atoms with Crippen molar-refractivity contribution in [3.8, 4) is 5.75 Å². The van der Waals surface area contributed by atoms with Crippen LogP contribution in [-0.2, 0) is 21.2 Å². The lowest BCUT2D eigenvalue weighted by atomic mass is 9.99. The van der Waals surface area contributed by atoms with Gasteiger partial charge >= 0.3 is 0 Å².